The molecule has 0 heterocycles. The Balaban J connectivity index is 2.40. The lowest BCUT2D eigenvalue weighted by Gasteiger charge is -2.46. The second kappa shape index (κ2) is 8.16. The molecule has 1 saturated carbocycles. The Morgan fingerprint density at radius 3 is 2.06 bits per heavy atom. The van der Waals surface area contributed by atoms with Crippen LogP contribution in [-0.4, -0.2) is 37.1 Å². The fourth-order valence-electron chi connectivity index (χ4n) is 3.02. The summed E-state index contributed by atoms with van der Waals surface area (Å²) < 4.78 is 0. The Labute approximate surface area is 115 Å². The molecule has 0 aromatic carbocycles. The van der Waals surface area contributed by atoms with Crippen molar-refractivity contribution >= 4 is 0 Å². The summed E-state index contributed by atoms with van der Waals surface area (Å²) in [5.41, 5.74) is 0. The van der Waals surface area contributed by atoms with Crippen LogP contribution in [-0.2, 0) is 0 Å². The zero-order valence-corrected chi connectivity index (χ0v) is 13.2. The quantitative estimate of drug-likeness (QED) is 0.635. The van der Waals surface area contributed by atoms with E-state index in [2.05, 4.69) is 44.8 Å². The van der Waals surface area contributed by atoms with Crippen molar-refractivity contribution in [1.29, 1.82) is 0 Å². The van der Waals surface area contributed by atoms with Crippen LogP contribution in [0.3, 0.4) is 0 Å². The fourth-order valence-corrected chi connectivity index (χ4v) is 3.02. The average Bonchev–Trinajstić information content (AvgIpc) is 2.20. The number of rotatable bonds is 9. The molecule has 2 unspecified atom stereocenters. The molecular weight excluding hydrogens is 220 g/mol. The van der Waals surface area contributed by atoms with E-state index in [4.69, 9.17) is 0 Å². The number of hydrogen-bond acceptors (Lipinski definition) is 2. The monoisotopic (exact) mass is 254 g/mol. The van der Waals surface area contributed by atoms with Gasteiger partial charge in [0.1, 0.15) is 0 Å². The van der Waals surface area contributed by atoms with E-state index in [1.54, 1.807) is 0 Å². The van der Waals surface area contributed by atoms with Crippen LogP contribution in [0.5, 0.6) is 0 Å². The molecule has 0 aliphatic heterocycles. The van der Waals surface area contributed by atoms with E-state index in [0.717, 1.165) is 23.8 Å². The van der Waals surface area contributed by atoms with E-state index < -0.39 is 0 Å². The minimum Gasteiger partial charge on any atom is -0.316 e. The van der Waals surface area contributed by atoms with E-state index in [0.29, 0.717) is 0 Å². The molecule has 0 amide bonds. The van der Waals surface area contributed by atoms with Crippen LogP contribution in [0.2, 0.25) is 0 Å². The molecule has 2 heteroatoms. The average molecular weight is 254 g/mol. The highest BCUT2D eigenvalue weighted by Gasteiger charge is 2.35. The van der Waals surface area contributed by atoms with Gasteiger partial charge in [0.25, 0.3) is 0 Å². The molecule has 108 valence electrons. The van der Waals surface area contributed by atoms with Crippen molar-refractivity contribution in [2.45, 2.75) is 59.9 Å². The van der Waals surface area contributed by atoms with Crippen LogP contribution >= 0.6 is 0 Å². The van der Waals surface area contributed by atoms with E-state index in [1.807, 2.05) is 0 Å². The smallest absolute Gasteiger partial charge is 0.0136 e. The Hall–Kier alpha value is -0.0800. The van der Waals surface area contributed by atoms with Crippen molar-refractivity contribution in [3.63, 3.8) is 0 Å². The van der Waals surface area contributed by atoms with Gasteiger partial charge in [0, 0.05) is 19.1 Å². The van der Waals surface area contributed by atoms with Crippen LogP contribution in [0.4, 0.5) is 0 Å². The summed E-state index contributed by atoms with van der Waals surface area (Å²) in [5.74, 6) is 2.47. The lowest BCUT2D eigenvalue weighted by molar-refractivity contribution is 0.0437. The maximum atomic E-state index is 3.60. The van der Waals surface area contributed by atoms with Gasteiger partial charge in [0.15, 0.2) is 0 Å². The van der Waals surface area contributed by atoms with Crippen molar-refractivity contribution < 1.29 is 0 Å². The Kier molecular flexibility index (Phi) is 7.25. The molecule has 0 aromatic heterocycles. The predicted molar refractivity (Wildman–Crippen MR) is 80.9 cm³/mol. The zero-order chi connectivity index (χ0) is 13.5. The largest absolute Gasteiger partial charge is 0.316 e. The Morgan fingerprint density at radius 2 is 1.67 bits per heavy atom. The summed E-state index contributed by atoms with van der Waals surface area (Å²) in [6.45, 7) is 16.6. The predicted octanol–water partition coefficient (Wildman–Crippen LogP) is 3.38. The highest BCUT2D eigenvalue weighted by molar-refractivity contribution is 4.90. The van der Waals surface area contributed by atoms with Crippen molar-refractivity contribution in [3.05, 3.63) is 0 Å². The van der Waals surface area contributed by atoms with Gasteiger partial charge in [-0.15, -0.1) is 0 Å². The van der Waals surface area contributed by atoms with Crippen LogP contribution in [0, 0.1) is 17.8 Å². The molecule has 0 bridgehead atoms. The van der Waals surface area contributed by atoms with Crippen LogP contribution in [0.25, 0.3) is 0 Å². The van der Waals surface area contributed by atoms with E-state index in [9.17, 15) is 0 Å². The summed E-state index contributed by atoms with van der Waals surface area (Å²) in [5, 5.41) is 3.60. The van der Waals surface area contributed by atoms with Crippen molar-refractivity contribution in [2.24, 2.45) is 17.8 Å². The zero-order valence-electron chi connectivity index (χ0n) is 13.2. The summed E-state index contributed by atoms with van der Waals surface area (Å²) in [6, 6.07) is 0.846. The molecule has 1 fully saturated rings. The molecule has 0 saturated heterocycles. The van der Waals surface area contributed by atoms with Gasteiger partial charge < -0.3 is 5.32 Å². The van der Waals surface area contributed by atoms with E-state index in [1.165, 1.54) is 45.4 Å². The van der Waals surface area contributed by atoms with Gasteiger partial charge in [0.2, 0.25) is 0 Å². The molecule has 1 aliphatic rings. The third kappa shape index (κ3) is 5.27. The van der Waals surface area contributed by atoms with Gasteiger partial charge >= 0.3 is 0 Å². The number of hydrogen-bond donors (Lipinski definition) is 1. The molecule has 2 nitrogen and oxygen atoms in total. The van der Waals surface area contributed by atoms with Crippen LogP contribution < -0.4 is 5.32 Å². The van der Waals surface area contributed by atoms with Crippen LogP contribution in [0.1, 0.15) is 53.9 Å². The van der Waals surface area contributed by atoms with Gasteiger partial charge in [-0.1, -0.05) is 34.6 Å². The molecule has 1 aliphatic carbocycles. The standard InChI is InChI=1S/C16H34N2/c1-6-9-17-10-15-7-8-16(15)18(11-13(2)3)12-14(4)5/h13-17H,6-12H2,1-5H3. The summed E-state index contributed by atoms with van der Waals surface area (Å²) >= 11 is 0. The van der Waals surface area contributed by atoms with Gasteiger partial charge in [0.05, 0.1) is 0 Å². The van der Waals surface area contributed by atoms with Gasteiger partial charge in [-0.25, -0.2) is 0 Å². The number of nitrogens with one attached hydrogen (secondary N) is 1. The highest BCUT2D eigenvalue weighted by Crippen LogP contribution is 2.32. The normalized spacial score (nSPS) is 24.0. The number of nitrogens with zero attached hydrogens (tertiary/aromatic N) is 1. The molecule has 1 rings (SSSR count). The maximum Gasteiger partial charge on any atom is 0.0136 e. The van der Waals surface area contributed by atoms with Crippen molar-refractivity contribution in [2.75, 3.05) is 26.2 Å². The summed E-state index contributed by atoms with van der Waals surface area (Å²) in [4.78, 5) is 2.76. The van der Waals surface area contributed by atoms with E-state index >= 15 is 0 Å². The first-order valence-electron chi connectivity index (χ1n) is 7.99. The van der Waals surface area contributed by atoms with Gasteiger partial charge in [-0.2, -0.15) is 0 Å². The maximum absolute atomic E-state index is 3.60. The SMILES string of the molecule is CCCNCC1CCC1N(CC(C)C)CC(C)C. The van der Waals surface area contributed by atoms with Gasteiger partial charge in [-0.3, -0.25) is 4.90 Å². The molecular formula is C16H34N2. The molecule has 0 spiro atoms. The molecule has 1 N–H and O–H groups in total. The second-order valence-corrected chi connectivity index (χ2v) is 6.85. The topological polar surface area (TPSA) is 15.3 Å². The lowest BCUT2D eigenvalue weighted by Crippen LogP contribution is -2.52. The third-order valence-electron chi connectivity index (χ3n) is 3.88. The minimum atomic E-state index is 0.786. The first kappa shape index (κ1) is 16.0. The van der Waals surface area contributed by atoms with Gasteiger partial charge in [-0.05, 0) is 50.1 Å². The Bertz CT molecular complexity index is 203. The van der Waals surface area contributed by atoms with E-state index in [-0.39, 0.29) is 0 Å². The molecule has 0 aromatic rings. The first-order valence-corrected chi connectivity index (χ1v) is 7.99. The fraction of sp³-hybridized carbons (Fsp3) is 1.00. The third-order valence-corrected chi connectivity index (χ3v) is 3.88. The second-order valence-electron chi connectivity index (χ2n) is 6.85. The van der Waals surface area contributed by atoms with Crippen LogP contribution in [0.15, 0.2) is 0 Å². The van der Waals surface area contributed by atoms with Crippen molar-refractivity contribution in [3.8, 4) is 0 Å². The lowest BCUT2D eigenvalue weighted by atomic mass is 9.77. The highest BCUT2D eigenvalue weighted by atomic mass is 15.2. The molecule has 0 radical (unpaired) electrons. The molecule has 2 atom stereocenters. The summed E-state index contributed by atoms with van der Waals surface area (Å²) in [6.07, 6.45) is 4.09. The molecule has 18 heavy (non-hydrogen) atoms. The van der Waals surface area contributed by atoms with Crippen molar-refractivity contribution in [1.82, 2.24) is 10.2 Å². The first-order chi connectivity index (χ1) is 8.54. The Morgan fingerprint density at radius 1 is 1.06 bits per heavy atom. The summed E-state index contributed by atoms with van der Waals surface area (Å²) in [7, 11) is 0. The minimum absolute atomic E-state index is 0.786.